The summed E-state index contributed by atoms with van der Waals surface area (Å²) < 4.78 is 11.8. The largest absolute Gasteiger partial charge is 0.497 e. The minimum Gasteiger partial charge on any atom is -0.497 e. The van der Waals surface area contributed by atoms with Crippen LogP contribution in [0.3, 0.4) is 0 Å². The Kier molecular flexibility index (Phi) is 4.68. The molecule has 3 aromatic carbocycles. The maximum atomic E-state index is 6.42. The third kappa shape index (κ3) is 3.25. The van der Waals surface area contributed by atoms with Gasteiger partial charge in [-0.15, -0.1) is 11.8 Å². The number of hydrogen-bond donors (Lipinski definition) is 0. The number of para-hydroxylation sites is 1. The second kappa shape index (κ2) is 7.48. The monoisotopic (exact) mass is 402 g/mol. The van der Waals surface area contributed by atoms with Crippen molar-refractivity contribution in [2.75, 3.05) is 13.4 Å². The van der Waals surface area contributed by atoms with Crippen LogP contribution in [0.15, 0.2) is 82.8 Å². The second-order valence-corrected chi connectivity index (χ2v) is 8.04. The highest BCUT2D eigenvalue weighted by Gasteiger charge is 2.40. The minimum atomic E-state index is -0.242. The average molecular weight is 403 g/mol. The predicted octanol–water partition coefficient (Wildman–Crippen LogP) is 5.66. The second-order valence-electron chi connectivity index (χ2n) is 7.16. The molecule has 3 aromatic rings. The van der Waals surface area contributed by atoms with Crippen molar-refractivity contribution in [3.63, 3.8) is 0 Å². The Labute approximate surface area is 175 Å². The number of benzene rings is 3. The number of hydrazone groups is 1. The summed E-state index contributed by atoms with van der Waals surface area (Å²) in [4.78, 5) is 1.24. The number of fused-ring (bicyclic) bond motifs is 3. The molecular weight excluding hydrogens is 380 g/mol. The predicted molar refractivity (Wildman–Crippen MR) is 117 cm³/mol. The fourth-order valence-corrected chi connectivity index (χ4v) is 4.41. The fourth-order valence-electron chi connectivity index (χ4n) is 4.00. The lowest BCUT2D eigenvalue weighted by atomic mass is 9.96. The van der Waals surface area contributed by atoms with Crippen LogP contribution in [0.1, 0.15) is 35.4 Å². The molecule has 0 amide bonds. The molecule has 5 rings (SSSR count). The molecule has 0 bridgehead atoms. The normalized spacial score (nSPS) is 19.8. The Balaban J connectivity index is 1.56. The van der Waals surface area contributed by atoms with Crippen LogP contribution in [-0.4, -0.2) is 24.1 Å². The topological polar surface area (TPSA) is 34.1 Å². The van der Waals surface area contributed by atoms with Gasteiger partial charge in [0.1, 0.15) is 11.5 Å². The molecule has 5 heteroatoms. The first-order valence-electron chi connectivity index (χ1n) is 9.66. The maximum absolute atomic E-state index is 6.42. The Morgan fingerprint density at radius 2 is 1.86 bits per heavy atom. The molecule has 0 aliphatic carbocycles. The van der Waals surface area contributed by atoms with Gasteiger partial charge in [0, 0.05) is 28.0 Å². The van der Waals surface area contributed by atoms with Crippen LogP contribution in [0.25, 0.3) is 0 Å². The van der Waals surface area contributed by atoms with E-state index in [1.807, 2.05) is 24.3 Å². The van der Waals surface area contributed by atoms with Gasteiger partial charge in [-0.3, -0.25) is 0 Å². The van der Waals surface area contributed by atoms with E-state index in [1.54, 1.807) is 18.9 Å². The van der Waals surface area contributed by atoms with E-state index >= 15 is 0 Å². The van der Waals surface area contributed by atoms with Crippen LogP contribution in [0.5, 0.6) is 11.5 Å². The van der Waals surface area contributed by atoms with Gasteiger partial charge in [0.25, 0.3) is 0 Å². The lowest BCUT2D eigenvalue weighted by Crippen LogP contribution is -2.33. The average Bonchev–Trinajstić information content (AvgIpc) is 3.24. The van der Waals surface area contributed by atoms with Crippen LogP contribution in [-0.2, 0) is 0 Å². The van der Waals surface area contributed by atoms with Crippen LogP contribution in [0.4, 0.5) is 0 Å². The quantitative estimate of drug-likeness (QED) is 0.528. The van der Waals surface area contributed by atoms with Crippen molar-refractivity contribution in [2.45, 2.75) is 23.6 Å². The van der Waals surface area contributed by atoms with E-state index in [-0.39, 0.29) is 12.3 Å². The van der Waals surface area contributed by atoms with E-state index < -0.39 is 0 Å². The highest BCUT2D eigenvalue weighted by molar-refractivity contribution is 7.98. The molecule has 4 nitrogen and oxygen atoms in total. The molecule has 2 aliphatic rings. The number of rotatable bonds is 4. The van der Waals surface area contributed by atoms with E-state index in [1.165, 1.54) is 10.5 Å². The molecule has 0 spiro atoms. The first-order valence-corrected chi connectivity index (χ1v) is 10.9. The molecule has 0 saturated heterocycles. The lowest BCUT2D eigenvalue weighted by molar-refractivity contribution is -0.0190. The van der Waals surface area contributed by atoms with E-state index in [2.05, 4.69) is 59.8 Å². The van der Waals surface area contributed by atoms with Gasteiger partial charge in [0.05, 0.1) is 18.9 Å². The van der Waals surface area contributed by atoms with Gasteiger partial charge in [-0.2, -0.15) is 5.10 Å². The van der Waals surface area contributed by atoms with Gasteiger partial charge in [0.15, 0.2) is 0 Å². The van der Waals surface area contributed by atoms with Gasteiger partial charge in [-0.25, -0.2) is 5.01 Å². The zero-order valence-electron chi connectivity index (χ0n) is 16.4. The van der Waals surface area contributed by atoms with Gasteiger partial charge in [-0.05, 0) is 36.6 Å². The zero-order chi connectivity index (χ0) is 19.8. The van der Waals surface area contributed by atoms with Crippen molar-refractivity contribution < 1.29 is 9.47 Å². The molecule has 0 aromatic heterocycles. The summed E-state index contributed by atoms with van der Waals surface area (Å²) in [6.07, 6.45) is 2.69. The van der Waals surface area contributed by atoms with Crippen molar-refractivity contribution in [2.24, 2.45) is 5.10 Å². The molecule has 0 N–H and O–H groups in total. The number of hydrogen-bond acceptors (Lipinski definition) is 5. The van der Waals surface area contributed by atoms with Gasteiger partial charge in [0.2, 0.25) is 6.23 Å². The summed E-state index contributed by atoms with van der Waals surface area (Å²) in [7, 11) is 1.69. The fraction of sp³-hybridized carbons (Fsp3) is 0.208. The molecule has 0 fully saturated rings. The van der Waals surface area contributed by atoms with Crippen molar-refractivity contribution >= 4 is 17.5 Å². The highest BCUT2D eigenvalue weighted by Crippen LogP contribution is 2.47. The maximum Gasteiger partial charge on any atom is 0.213 e. The van der Waals surface area contributed by atoms with Crippen molar-refractivity contribution in [1.29, 1.82) is 0 Å². The molecule has 2 heterocycles. The van der Waals surface area contributed by atoms with Crippen molar-refractivity contribution in [1.82, 2.24) is 5.01 Å². The number of methoxy groups -OCH3 is 1. The van der Waals surface area contributed by atoms with E-state index in [0.29, 0.717) is 0 Å². The SMILES string of the molecule is COc1cccc(C2=NN3C(C2)c2ccccc2OC3c2ccc(SC)cc2)c1. The lowest BCUT2D eigenvalue weighted by Gasteiger charge is -2.38. The summed E-state index contributed by atoms with van der Waals surface area (Å²) in [5.41, 5.74) is 4.44. The third-order valence-corrected chi connectivity index (χ3v) is 6.25. The van der Waals surface area contributed by atoms with Gasteiger partial charge >= 0.3 is 0 Å². The summed E-state index contributed by atoms with van der Waals surface area (Å²) in [5.74, 6) is 1.78. The molecule has 0 saturated carbocycles. The van der Waals surface area contributed by atoms with Crippen molar-refractivity contribution in [3.05, 3.63) is 89.5 Å². The molecular formula is C24H22N2O2S. The number of thioether (sulfide) groups is 1. The molecule has 0 radical (unpaired) electrons. The Bertz CT molecular complexity index is 1060. The first-order chi connectivity index (χ1) is 14.3. The van der Waals surface area contributed by atoms with Crippen LogP contribution >= 0.6 is 11.8 Å². The first kappa shape index (κ1) is 18.1. The highest BCUT2D eigenvalue weighted by atomic mass is 32.2. The summed E-state index contributed by atoms with van der Waals surface area (Å²) in [5, 5.41) is 7.14. The van der Waals surface area contributed by atoms with E-state index in [4.69, 9.17) is 14.6 Å². The number of ether oxygens (including phenoxy) is 2. The molecule has 2 atom stereocenters. The zero-order valence-corrected chi connectivity index (χ0v) is 17.2. The Hall–Kier alpha value is -2.92. The van der Waals surface area contributed by atoms with E-state index in [0.717, 1.165) is 34.8 Å². The molecule has 2 aliphatic heterocycles. The van der Waals surface area contributed by atoms with Gasteiger partial charge < -0.3 is 9.47 Å². The summed E-state index contributed by atoms with van der Waals surface area (Å²) in [6, 6.07) is 25.1. The van der Waals surface area contributed by atoms with Crippen molar-refractivity contribution in [3.8, 4) is 11.5 Å². The Morgan fingerprint density at radius 1 is 1.03 bits per heavy atom. The molecule has 146 valence electrons. The van der Waals surface area contributed by atoms with Crippen LogP contribution in [0, 0.1) is 0 Å². The smallest absolute Gasteiger partial charge is 0.213 e. The summed E-state index contributed by atoms with van der Waals surface area (Å²) in [6.45, 7) is 0. The molecule has 2 unspecified atom stereocenters. The standard InChI is InChI=1S/C24H22N2O2S/c1-27-18-7-5-6-17(14-18)21-15-22-20-8-3-4-9-23(20)28-24(26(22)25-21)16-10-12-19(29-2)13-11-16/h3-14,22,24H,15H2,1-2H3. The van der Waals surface area contributed by atoms with Crippen LogP contribution < -0.4 is 9.47 Å². The minimum absolute atomic E-state index is 0.159. The van der Waals surface area contributed by atoms with Crippen LogP contribution in [0.2, 0.25) is 0 Å². The molecule has 29 heavy (non-hydrogen) atoms. The third-order valence-electron chi connectivity index (χ3n) is 5.50. The number of nitrogens with zero attached hydrogens (tertiary/aromatic N) is 2. The Morgan fingerprint density at radius 3 is 2.66 bits per heavy atom. The van der Waals surface area contributed by atoms with Gasteiger partial charge in [-0.1, -0.05) is 42.5 Å². The summed E-state index contributed by atoms with van der Waals surface area (Å²) >= 11 is 1.74. The van der Waals surface area contributed by atoms with E-state index in [9.17, 15) is 0 Å².